The average Bonchev–Trinajstić information content (AvgIpc) is 3.09. The summed E-state index contributed by atoms with van der Waals surface area (Å²) in [6, 6.07) is 11.4. The first-order chi connectivity index (χ1) is 11.4. The Hall–Kier alpha value is -2.54. The zero-order valence-corrected chi connectivity index (χ0v) is 12.9. The van der Waals surface area contributed by atoms with Gasteiger partial charge in [0.25, 0.3) is 11.1 Å². The molecule has 0 unspecified atom stereocenters. The molecule has 3 heterocycles. The molecule has 0 aliphatic carbocycles. The van der Waals surface area contributed by atoms with Crippen molar-refractivity contribution in [3.8, 4) is 11.5 Å². The van der Waals surface area contributed by atoms with E-state index >= 15 is 0 Å². The molecule has 0 spiro atoms. The summed E-state index contributed by atoms with van der Waals surface area (Å²) in [4.78, 5) is 3.99. The van der Waals surface area contributed by atoms with Crippen LogP contribution < -0.4 is 9.47 Å². The largest absolute Gasteiger partial charge is 0.485 e. The Balaban J connectivity index is 1.42. The second kappa shape index (κ2) is 6.29. The first-order valence-corrected chi connectivity index (χ1v) is 8.10. The highest BCUT2D eigenvalue weighted by molar-refractivity contribution is 7.98. The van der Waals surface area contributed by atoms with Crippen LogP contribution in [-0.4, -0.2) is 21.8 Å². The molecule has 2 aromatic heterocycles. The lowest BCUT2D eigenvalue weighted by Gasteiger charge is -2.23. The first kappa shape index (κ1) is 14.1. The van der Waals surface area contributed by atoms with Gasteiger partial charge in [-0.3, -0.25) is 4.98 Å². The van der Waals surface area contributed by atoms with Gasteiger partial charge in [0.15, 0.2) is 11.5 Å². The van der Waals surface area contributed by atoms with E-state index in [9.17, 15) is 0 Å². The zero-order valence-electron chi connectivity index (χ0n) is 12.1. The van der Waals surface area contributed by atoms with E-state index in [-0.39, 0.29) is 6.10 Å². The molecule has 6 nitrogen and oxygen atoms in total. The summed E-state index contributed by atoms with van der Waals surface area (Å²) < 4.78 is 17.2. The van der Waals surface area contributed by atoms with Crippen LogP contribution in [0, 0.1) is 0 Å². The fourth-order valence-electron chi connectivity index (χ4n) is 2.17. The van der Waals surface area contributed by atoms with E-state index in [4.69, 9.17) is 13.9 Å². The van der Waals surface area contributed by atoms with Crippen molar-refractivity contribution >= 4 is 11.8 Å². The summed E-state index contributed by atoms with van der Waals surface area (Å²) in [5, 5.41) is 8.64. The molecule has 1 aliphatic rings. The van der Waals surface area contributed by atoms with E-state index in [1.807, 2.05) is 36.4 Å². The van der Waals surface area contributed by atoms with Crippen LogP contribution in [0.25, 0.3) is 0 Å². The predicted octanol–water partition coefficient (Wildman–Crippen LogP) is 3.27. The smallest absolute Gasteiger partial charge is 0.277 e. The molecule has 0 bridgehead atoms. The van der Waals surface area contributed by atoms with Crippen LogP contribution in [0.4, 0.5) is 0 Å². The summed E-state index contributed by atoms with van der Waals surface area (Å²) in [7, 11) is 0. The Morgan fingerprint density at radius 3 is 2.74 bits per heavy atom. The molecule has 0 saturated heterocycles. The maximum absolute atomic E-state index is 5.86. The molecule has 0 fully saturated rings. The summed E-state index contributed by atoms with van der Waals surface area (Å²) in [6.45, 7) is 0.355. The lowest BCUT2D eigenvalue weighted by atomic mass is 10.2. The van der Waals surface area contributed by atoms with Gasteiger partial charge in [0.2, 0.25) is 6.10 Å². The van der Waals surface area contributed by atoms with Crippen LogP contribution in [0.15, 0.2) is 58.4 Å². The van der Waals surface area contributed by atoms with Crippen molar-refractivity contribution in [1.82, 2.24) is 15.2 Å². The zero-order chi connectivity index (χ0) is 15.5. The van der Waals surface area contributed by atoms with E-state index in [2.05, 4.69) is 15.2 Å². The van der Waals surface area contributed by atoms with Crippen LogP contribution in [0.1, 0.15) is 17.6 Å². The Morgan fingerprint density at radius 2 is 1.87 bits per heavy atom. The number of pyridine rings is 1. The Labute approximate surface area is 136 Å². The molecule has 1 aliphatic heterocycles. The number of benzene rings is 1. The van der Waals surface area contributed by atoms with Crippen LogP contribution >= 0.6 is 11.8 Å². The first-order valence-electron chi connectivity index (χ1n) is 7.12. The van der Waals surface area contributed by atoms with Gasteiger partial charge < -0.3 is 13.9 Å². The maximum atomic E-state index is 5.86. The van der Waals surface area contributed by atoms with Crippen molar-refractivity contribution in [1.29, 1.82) is 0 Å². The highest BCUT2D eigenvalue weighted by Crippen LogP contribution is 2.36. The predicted molar refractivity (Wildman–Crippen MR) is 83.4 cm³/mol. The van der Waals surface area contributed by atoms with Crippen molar-refractivity contribution in [3.63, 3.8) is 0 Å². The molecule has 3 aromatic rings. The van der Waals surface area contributed by atoms with Crippen molar-refractivity contribution in [2.45, 2.75) is 17.1 Å². The number of rotatable bonds is 4. The number of hydrogen-bond acceptors (Lipinski definition) is 7. The molecule has 23 heavy (non-hydrogen) atoms. The standard InChI is InChI=1S/C16H13N3O3S/c1-2-4-13-12(3-1)20-9-14(21-13)15-18-19-16(22-15)23-10-11-5-7-17-8-6-11/h1-8,14H,9-10H2/t14-/m0/s1. The normalized spacial score (nSPS) is 16.3. The van der Waals surface area contributed by atoms with Gasteiger partial charge in [-0.2, -0.15) is 0 Å². The van der Waals surface area contributed by atoms with Crippen LogP contribution in [-0.2, 0) is 5.75 Å². The SMILES string of the molecule is c1ccc2c(c1)OC[C@@H](c1nnc(SCc3ccncc3)o1)O2. The maximum Gasteiger partial charge on any atom is 0.277 e. The summed E-state index contributed by atoms with van der Waals surface area (Å²) >= 11 is 1.48. The second-order valence-corrected chi connectivity index (χ2v) is 5.84. The minimum Gasteiger partial charge on any atom is -0.485 e. The molecule has 0 N–H and O–H groups in total. The Morgan fingerprint density at radius 1 is 1.04 bits per heavy atom. The van der Waals surface area contributed by atoms with Gasteiger partial charge >= 0.3 is 0 Å². The van der Waals surface area contributed by atoms with Crippen LogP contribution in [0.3, 0.4) is 0 Å². The van der Waals surface area contributed by atoms with Gasteiger partial charge in [0.1, 0.15) is 6.61 Å². The molecular formula is C16H13N3O3S. The molecule has 4 rings (SSSR count). The summed E-state index contributed by atoms with van der Waals surface area (Å²) in [5.41, 5.74) is 1.15. The molecule has 1 aromatic carbocycles. The van der Waals surface area contributed by atoms with Crippen LogP contribution in [0.5, 0.6) is 11.5 Å². The minimum absolute atomic E-state index is 0.355. The molecule has 1 atom stereocenters. The van der Waals surface area contributed by atoms with Crippen molar-refractivity contribution in [2.24, 2.45) is 0 Å². The van der Waals surface area contributed by atoms with Gasteiger partial charge in [-0.15, -0.1) is 10.2 Å². The van der Waals surface area contributed by atoms with Gasteiger partial charge in [-0.25, -0.2) is 0 Å². The number of aromatic nitrogens is 3. The summed E-state index contributed by atoms with van der Waals surface area (Å²) in [5.74, 6) is 2.59. The fraction of sp³-hybridized carbons (Fsp3) is 0.188. The Kier molecular flexibility index (Phi) is 3.85. The van der Waals surface area contributed by atoms with Gasteiger partial charge in [0.05, 0.1) is 0 Å². The number of hydrogen-bond donors (Lipinski definition) is 0. The van der Waals surface area contributed by atoms with Gasteiger partial charge in [0, 0.05) is 18.1 Å². The number of fused-ring (bicyclic) bond motifs is 1. The Bertz CT molecular complexity index is 794. The van der Waals surface area contributed by atoms with Gasteiger partial charge in [-0.05, 0) is 29.8 Å². The topological polar surface area (TPSA) is 70.3 Å². The second-order valence-electron chi connectivity index (χ2n) is 4.91. The summed E-state index contributed by atoms with van der Waals surface area (Å²) in [6.07, 6.45) is 3.15. The molecule has 7 heteroatoms. The van der Waals surface area contributed by atoms with Crippen molar-refractivity contribution < 1.29 is 13.9 Å². The molecule has 116 valence electrons. The number of thioether (sulfide) groups is 1. The highest BCUT2D eigenvalue weighted by atomic mass is 32.2. The number of ether oxygens (including phenoxy) is 2. The third kappa shape index (κ3) is 3.14. The lowest BCUT2D eigenvalue weighted by molar-refractivity contribution is 0.0686. The van der Waals surface area contributed by atoms with E-state index < -0.39 is 0 Å². The van der Waals surface area contributed by atoms with E-state index in [0.29, 0.717) is 23.5 Å². The fourth-order valence-corrected chi connectivity index (χ4v) is 2.90. The van der Waals surface area contributed by atoms with Crippen molar-refractivity contribution in [3.05, 3.63) is 60.2 Å². The quantitative estimate of drug-likeness (QED) is 0.681. The van der Waals surface area contributed by atoms with E-state index in [1.165, 1.54) is 11.8 Å². The molecule has 0 amide bonds. The van der Waals surface area contributed by atoms with Crippen molar-refractivity contribution in [2.75, 3.05) is 6.61 Å². The monoisotopic (exact) mass is 327 g/mol. The molecule has 0 saturated carbocycles. The number of para-hydroxylation sites is 2. The third-order valence-electron chi connectivity index (χ3n) is 3.32. The van der Waals surface area contributed by atoms with Gasteiger partial charge in [-0.1, -0.05) is 23.9 Å². The van der Waals surface area contributed by atoms with E-state index in [1.54, 1.807) is 12.4 Å². The molecular weight excluding hydrogens is 314 g/mol. The number of nitrogens with zero attached hydrogens (tertiary/aromatic N) is 3. The van der Waals surface area contributed by atoms with E-state index in [0.717, 1.165) is 17.1 Å². The molecule has 0 radical (unpaired) electrons. The average molecular weight is 327 g/mol. The highest BCUT2D eigenvalue weighted by Gasteiger charge is 2.27. The van der Waals surface area contributed by atoms with Crippen LogP contribution in [0.2, 0.25) is 0 Å². The minimum atomic E-state index is -0.382. The third-order valence-corrected chi connectivity index (χ3v) is 4.21. The lowest BCUT2D eigenvalue weighted by Crippen LogP contribution is -2.21.